The average molecular weight is 243 g/mol. The molecule has 0 aliphatic carbocycles. The standard InChI is InChI=1S/C14H33N3/c1-6-10-15-11-9-14(3)17(7-2)13-8-12-16(4)5/h14-15H,6-13H2,1-5H3. The molecule has 0 fully saturated rings. The Hall–Kier alpha value is -0.120. The molecule has 0 aromatic carbocycles. The third-order valence-corrected chi connectivity index (χ3v) is 3.25. The highest BCUT2D eigenvalue weighted by Crippen LogP contribution is 2.04. The predicted octanol–water partition coefficient (Wildman–Crippen LogP) is 2.04. The highest BCUT2D eigenvalue weighted by molar-refractivity contribution is 4.67. The van der Waals surface area contributed by atoms with Gasteiger partial charge in [0.15, 0.2) is 0 Å². The van der Waals surface area contributed by atoms with Crippen LogP contribution in [0.4, 0.5) is 0 Å². The Labute approximate surface area is 109 Å². The number of hydrogen-bond donors (Lipinski definition) is 1. The van der Waals surface area contributed by atoms with Crippen LogP contribution in [0.3, 0.4) is 0 Å². The molecule has 0 spiro atoms. The Balaban J connectivity index is 3.67. The summed E-state index contributed by atoms with van der Waals surface area (Å²) in [5.41, 5.74) is 0. The molecule has 0 heterocycles. The zero-order chi connectivity index (χ0) is 13.1. The van der Waals surface area contributed by atoms with E-state index in [0.29, 0.717) is 6.04 Å². The zero-order valence-electron chi connectivity index (χ0n) is 12.6. The second-order valence-corrected chi connectivity index (χ2v) is 5.17. The van der Waals surface area contributed by atoms with Gasteiger partial charge in [0.1, 0.15) is 0 Å². The highest BCUT2D eigenvalue weighted by Gasteiger charge is 2.10. The minimum absolute atomic E-state index is 0.700. The molecule has 0 saturated carbocycles. The normalized spacial score (nSPS) is 13.6. The zero-order valence-corrected chi connectivity index (χ0v) is 12.6. The van der Waals surface area contributed by atoms with E-state index < -0.39 is 0 Å². The van der Waals surface area contributed by atoms with Crippen molar-refractivity contribution in [3.8, 4) is 0 Å². The molecule has 0 amide bonds. The lowest BCUT2D eigenvalue weighted by atomic mass is 10.2. The fraction of sp³-hybridized carbons (Fsp3) is 1.00. The lowest BCUT2D eigenvalue weighted by Gasteiger charge is -2.28. The van der Waals surface area contributed by atoms with Gasteiger partial charge in [-0.2, -0.15) is 0 Å². The SMILES string of the molecule is CCCNCCC(C)N(CC)CCCN(C)C. The van der Waals surface area contributed by atoms with Gasteiger partial charge in [0.2, 0.25) is 0 Å². The van der Waals surface area contributed by atoms with E-state index in [-0.39, 0.29) is 0 Å². The molecule has 0 aromatic rings. The van der Waals surface area contributed by atoms with Crippen molar-refractivity contribution in [2.75, 3.05) is 46.8 Å². The summed E-state index contributed by atoms with van der Waals surface area (Å²) in [4.78, 5) is 4.86. The third kappa shape index (κ3) is 9.57. The first kappa shape index (κ1) is 16.9. The van der Waals surface area contributed by atoms with Crippen LogP contribution in [0.5, 0.6) is 0 Å². The van der Waals surface area contributed by atoms with Crippen LogP contribution in [0.25, 0.3) is 0 Å². The minimum atomic E-state index is 0.700. The fourth-order valence-corrected chi connectivity index (χ4v) is 2.08. The monoisotopic (exact) mass is 243 g/mol. The van der Waals surface area contributed by atoms with Gasteiger partial charge >= 0.3 is 0 Å². The molecule has 17 heavy (non-hydrogen) atoms. The Morgan fingerprint density at radius 3 is 2.29 bits per heavy atom. The first-order valence-electron chi connectivity index (χ1n) is 7.21. The summed E-state index contributed by atoms with van der Waals surface area (Å²) < 4.78 is 0. The van der Waals surface area contributed by atoms with Crippen LogP contribution < -0.4 is 5.32 Å². The summed E-state index contributed by atoms with van der Waals surface area (Å²) in [6.07, 6.45) is 3.76. The van der Waals surface area contributed by atoms with Crippen molar-refractivity contribution in [1.29, 1.82) is 0 Å². The van der Waals surface area contributed by atoms with Crippen LogP contribution in [0.1, 0.15) is 40.0 Å². The second-order valence-electron chi connectivity index (χ2n) is 5.17. The minimum Gasteiger partial charge on any atom is -0.317 e. The molecule has 0 aliphatic heterocycles. The van der Waals surface area contributed by atoms with Gasteiger partial charge in [-0.1, -0.05) is 13.8 Å². The van der Waals surface area contributed by atoms with Gasteiger partial charge in [-0.25, -0.2) is 0 Å². The van der Waals surface area contributed by atoms with Crippen LogP contribution in [-0.4, -0.2) is 62.7 Å². The van der Waals surface area contributed by atoms with Crippen molar-refractivity contribution < 1.29 is 0 Å². The van der Waals surface area contributed by atoms with Gasteiger partial charge in [0.05, 0.1) is 0 Å². The van der Waals surface area contributed by atoms with E-state index in [4.69, 9.17) is 0 Å². The predicted molar refractivity (Wildman–Crippen MR) is 77.7 cm³/mol. The molecule has 1 atom stereocenters. The number of rotatable bonds is 11. The molecule has 0 aliphatic rings. The maximum Gasteiger partial charge on any atom is 0.00789 e. The molecular formula is C14H33N3. The van der Waals surface area contributed by atoms with Gasteiger partial charge in [0.25, 0.3) is 0 Å². The molecule has 0 saturated heterocycles. The molecule has 0 rings (SSSR count). The van der Waals surface area contributed by atoms with Crippen LogP contribution >= 0.6 is 0 Å². The van der Waals surface area contributed by atoms with Crippen molar-refractivity contribution in [2.24, 2.45) is 0 Å². The number of hydrogen-bond acceptors (Lipinski definition) is 3. The van der Waals surface area contributed by atoms with E-state index in [1.165, 1.54) is 38.9 Å². The largest absolute Gasteiger partial charge is 0.317 e. The van der Waals surface area contributed by atoms with E-state index in [1.807, 2.05) is 0 Å². The van der Waals surface area contributed by atoms with Crippen LogP contribution in [0.15, 0.2) is 0 Å². The molecule has 104 valence electrons. The number of nitrogens with one attached hydrogen (secondary N) is 1. The van der Waals surface area contributed by atoms with Gasteiger partial charge in [-0.3, -0.25) is 0 Å². The van der Waals surface area contributed by atoms with E-state index in [0.717, 1.165) is 13.1 Å². The lowest BCUT2D eigenvalue weighted by molar-refractivity contribution is 0.199. The van der Waals surface area contributed by atoms with E-state index in [1.54, 1.807) is 0 Å². The quantitative estimate of drug-likeness (QED) is 0.560. The summed E-state index contributed by atoms with van der Waals surface area (Å²) >= 11 is 0. The topological polar surface area (TPSA) is 18.5 Å². The molecule has 1 N–H and O–H groups in total. The van der Waals surface area contributed by atoms with Gasteiger partial charge in [0, 0.05) is 6.04 Å². The number of nitrogens with zero attached hydrogens (tertiary/aromatic N) is 2. The molecule has 0 bridgehead atoms. The van der Waals surface area contributed by atoms with E-state index >= 15 is 0 Å². The molecule has 0 radical (unpaired) electrons. The summed E-state index contributed by atoms with van der Waals surface area (Å²) in [6.45, 7) is 12.7. The second kappa shape index (κ2) is 11.0. The van der Waals surface area contributed by atoms with Crippen molar-refractivity contribution in [3.63, 3.8) is 0 Å². The van der Waals surface area contributed by atoms with Crippen LogP contribution in [-0.2, 0) is 0 Å². The first-order valence-corrected chi connectivity index (χ1v) is 7.21. The van der Waals surface area contributed by atoms with Crippen molar-refractivity contribution in [2.45, 2.75) is 46.1 Å². The Kier molecular flexibility index (Phi) is 10.9. The summed E-state index contributed by atoms with van der Waals surface area (Å²) in [5.74, 6) is 0. The Bertz CT molecular complexity index is 160. The maximum atomic E-state index is 3.48. The van der Waals surface area contributed by atoms with Crippen LogP contribution in [0, 0.1) is 0 Å². The maximum absolute atomic E-state index is 3.48. The highest BCUT2D eigenvalue weighted by atomic mass is 15.2. The van der Waals surface area contributed by atoms with Crippen molar-refractivity contribution >= 4 is 0 Å². The lowest BCUT2D eigenvalue weighted by Crippen LogP contribution is -2.37. The van der Waals surface area contributed by atoms with Gasteiger partial charge in [-0.05, 0) is 73.0 Å². The van der Waals surface area contributed by atoms with Crippen molar-refractivity contribution in [1.82, 2.24) is 15.1 Å². The summed E-state index contributed by atoms with van der Waals surface area (Å²) in [7, 11) is 4.29. The smallest absolute Gasteiger partial charge is 0.00789 e. The van der Waals surface area contributed by atoms with E-state index in [9.17, 15) is 0 Å². The molecule has 3 heteroatoms. The summed E-state index contributed by atoms with van der Waals surface area (Å²) in [6, 6.07) is 0.700. The third-order valence-electron chi connectivity index (χ3n) is 3.25. The van der Waals surface area contributed by atoms with Gasteiger partial charge < -0.3 is 15.1 Å². The van der Waals surface area contributed by atoms with E-state index in [2.05, 4.69) is 50.0 Å². The average Bonchev–Trinajstić information content (AvgIpc) is 2.29. The first-order chi connectivity index (χ1) is 8.11. The van der Waals surface area contributed by atoms with Crippen LogP contribution in [0.2, 0.25) is 0 Å². The Morgan fingerprint density at radius 2 is 1.76 bits per heavy atom. The van der Waals surface area contributed by atoms with Crippen molar-refractivity contribution in [3.05, 3.63) is 0 Å². The molecular weight excluding hydrogens is 210 g/mol. The molecule has 0 aromatic heterocycles. The molecule has 1 unspecified atom stereocenters. The van der Waals surface area contributed by atoms with Gasteiger partial charge in [-0.15, -0.1) is 0 Å². The summed E-state index contributed by atoms with van der Waals surface area (Å²) in [5, 5.41) is 3.48. The Morgan fingerprint density at radius 1 is 1.06 bits per heavy atom. The fourth-order valence-electron chi connectivity index (χ4n) is 2.08. The molecule has 3 nitrogen and oxygen atoms in total.